The minimum absolute atomic E-state index is 0. The van der Waals surface area contributed by atoms with Crippen LogP contribution in [0, 0.1) is 0 Å². The molecule has 0 saturated heterocycles. The highest BCUT2D eigenvalue weighted by Crippen LogP contribution is 2.14. The van der Waals surface area contributed by atoms with Gasteiger partial charge in [0.15, 0.2) is 0 Å². The Kier molecular flexibility index (Phi) is 6.22. The van der Waals surface area contributed by atoms with Crippen molar-refractivity contribution in [2.75, 3.05) is 0 Å². The normalized spacial score (nSPS) is 13.3. The molecule has 0 aliphatic carbocycles. The molecular formula is C16H12Cl2N2O4. The average molecular weight is 367 g/mol. The minimum atomic E-state index is -0.300. The number of rotatable bonds is 0. The van der Waals surface area contributed by atoms with Crippen molar-refractivity contribution < 1.29 is 19.2 Å². The molecule has 124 valence electrons. The topological polar surface area (TPSA) is 92.3 Å². The molecule has 0 radical (unpaired) electrons. The van der Waals surface area contributed by atoms with Gasteiger partial charge in [-0.05, 0) is 24.3 Å². The minimum Gasteiger partial charge on any atom is -0.288 e. The number of imide groups is 2. The van der Waals surface area contributed by atoms with Crippen molar-refractivity contribution in [3.8, 4) is 0 Å². The molecule has 2 aliphatic heterocycles. The molecule has 0 atom stereocenters. The van der Waals surface area contributed by atoms with Crippen LogP contribution in [-0.2, 0) is 0 Å². The van der Waals surface area contributed by atoms with Gasteiger partial charge in [0.05, 0.1) is 22.3 Å². The van der Waals surface area contributed by atoms with E-state index in [0.29, 0.717) is 22.3 Å². The Hall–Kier alpha value is -2.70. The summed E-state index contributed by atoms with van der Waals surface area (Å²) < 4.78 is 0. The third-order valence-corrected chi connectivity index (χ3v) is 3.29. The predicted octanol–water partition coefficient (Wildman–Crippen LogP) is 1.98. The van der Waals surface area contributed by atoms with Gasteiger partial charge < -0.3 is 0 Å². The molecule has 8 heteroatoms. The Balaban J connectivity index is 0.000000222. The van der Waals surface area contributed by atoms with Gasteiger partial charge in [-0.15, -0.1) is 24.8 Å². The Bertz CT molecular complexity index is 701. The molecule has 4 rings (SSSR count). The van der Waals surface area contributed by atoms with Crippen LogP contribution in [0.5, 0.6) is 0 Å². The second-order valence-corrected chi connectivity index (χ2v) is 4.66. The zero-order valence-corrected chi connectivity index (χ0v) is 13.7. The van der Waals surface area contributed by atoms with E-state index in [-0.39, 0.29) is 48.4 Å². The number of benzene rings is 2. The summed E-state index contributed by atoms with van der Waals surface area (Å²) in [4.78, 5) is 43.8. The largest absolute Gasteiger partial charge is 0.288 e. The number of fused-ring (bicyclic) bond motifs is 2. The van der Waals surface area contributed by atoms with Crippen molar-refractivity contribution >= 4 is 48.4 Å². The smallest absolute Gasteiger partial charge is 0.258 e. The summed E-state index contributed by atoms with van der Waals surface area (Å²) in [7, 11) is 0. The maximum absolute atomic E-state index is 10.9. The summed E-state index contributed by atoms with van der Waals surface area (Å²) >= 11 is 0. The van der Waals surface area contributed by atoms with Gasteiger partial charge in [-0.25, -0.2) is 0 Å². The average Bonchev–Trinajstić information content (AvgIpc) is 2.99. The second-order valence-electron chi connectivity index (χ2n) is 4.66. The molecule has 2 aromatic carbocycles. The molecule has 24 heavy (non-hydrogen) atoms. The molecule has 2 aromatic rings. The van der Waals surface area contributed by atoms with Crippen LogP contribution in [0.2, 0.25) is 0 Å². The number of hydrogen-bond donors (Lipinski definition) is 2. The molecule has 0 spiro atoms. The molecule has 0 saturated carbocycles. The molecule has 6 nitrogen and oxygen atoms in total. The summed E-state index contributed by atoms with van der Waals surface area (Å²) in [6.45, 7) is 0. The first-order valence-electron chi connectivity index (χ1n) is 6.47. The Labute approximate surface area is 149 Å². The number of hydrogen-bond acceptors (Lipinski definition) is 4. The molecule has 0 unspecified atom stereocenters. The van der Waals surface area contributed by atoms with Gasteiger partial charge >= 0.3 is 0 Å². The van der Waals surface area contributed by atoms with Gasteiger partial charge in [0.25, 0.3) is 23.6 Å². The number of halogens is 2. The van der Waals surface area contributed by atoms with Gasteiger partial charge in [-0.3, -0.25) is 29.8 Å². The van der Waals surface area contributed by atoms with E-state index >= 15 is 0 Å². The summed E-state index contributed by atoms with van der Waals surface area (Å²) in [6.07, 6.45) is 0. The van der Waals surface area contributed by atoms with Gasteiger partial charge in [-0.1, -0.05) is 24.3 Å². The zero-order valence-electron chi connectivity index (χ0n) is 12.1. The van der Waals surface area contributed by atoms with E-state index < -0.39 is 0 Å². The van der Waals surface area contributed by atoms with Gasteiger partial charge in [0.2, 0.25) is 0 Å². The van der Waals surface area contributed by atoms with Gasteiger partial charge in [0.1, 0.15) is 0 Å². The molecule has 0 bridgehead atoms. The second kappa shape index (κ2) is 7.72. The first kappa shape index (κ1) is 19.3. The number of amides is 4. The van der Waals surface area contributed by atoms with E-state index in [1.807, 2.05) is 0 Å². The fourth-order valence-electron chi connectivity index (χ4n) is 2.23. The van der Waals surface area contributed by atoms with E-state index in [9.17, 15) is 19.2 Å². The van der Waals surface area contributed by atoms with Crippen molar-refractivity contribution in [2.45, 2.75) is 0 Å². The van der Waals surface area contributed by atoms with Crippen molar-refractivity contribution in [3.63, 3.8) is 0 Å². The molecule has 2 aliphatic rings. The highest BCUT2D eigenvalue weighted by molar-refractivity contribution is 6.22. The first-order valence-corrected chi connectivity index (χ1v) is 6.47. The van der Waals surface area contributed by atoms with Crippen LogP contribution in [0.4, 0.5) is 0 Å². The molecule has 4 amide bonds. The molecule has 0 aromatic heterocycles. The SMILES string of the molecule is Cl.Cl.O=C1NC(=O)c2ccccc21.O=C1NC(=O)c2ccccc21. The molecule has 2 N–H and O–H groups in total. The van der Waals surface area contributed by atoms with Crippen LogP contribution in [0.1, 0.15) is 41.4 Å². The van der Waals surface area contributed by atoms with Gasteiger partial charge in [0, 0.05) is 0 Å². The first-order chi connectivity index (χ1) is 10.6. The van der Waals surface area contributed by atoms with E-state index in [4.69, 9.17) is 0 Å². The van der Waals surface area contributed by atoms with E-state index in [1.54, 1.807) is 48.5 Å². The summed E-state index contributed by atoms with van der Waals surface area (Å²) in [5.41, 5.74) is 1.88. The highest BCUT2D eigenvalue weighted by atomic mass is 35.5. The lowest BCUT2D eigenvalue weighted by atomic mass is 10.1. The highest BCUT2D eigenvalue weighted by Gasteiger charge is 2.25. The Morgan fingerprint density at radius 1 is 0.458 bits per heavy atom. The summed E-state index contributed by atoms with van der Waals surface area (Å²) in [5.74, 6) is -1.20. The van der Waals surface area contributed by atoms with Crippen LogP contribution >= 0.6 is 24.8 Å². The van der Waals surface area contributed by atoms with Crippen molar-refractivity contribution in [3.05, 3.63) is 70.8 Å². The van der Waals surface area contributed by atoms with Crippen LogP contribution in [0.3, 0.4) is 0 Å². The monoisotopic (exact) mass is 366 g/mol. The Morgan fingerprint density at radius 3 is 0.875 bits per heavy atom. The summed E-state index contributed by atoms with van der Waals surface area (Å²) in [6, 6.07) is 13.5. The quantitative estimate of drug-likeness (QED) is 0.697. The lowest BCUT2D eigenvalue weighted by Gasteiger charge is -1.88. The molecule has 0 fully saturated rings. The standard InChI is InChI=1S/2C8H5NO2.2ClH/c2*10-7-5-3-1-2-4-6(5)8(11)9-7;;/h2*1-4H,(H,9,10,11);2*1H. The summed E-state index contributed by atoms with van der Waals surface area (Å²) in [5, 5.41) is 4.41. The van der Waals surface area contributed by atoms with E-state index in [1.165, 1.54) is 0 Å². The number of carbonyl (C=O) groups is 4. The third-order valence-electron chi connectivity index (χ3n) is 3.29. The van der Waals surface area contributed by atoms with Gasteiger partial charge in [-0.2, -0.15) is 0 Å². The lowest BCUT2D eigenvalue weighted by molar-refractivity contribution is 0.0863. The predicted molar refractivity (Wildman–Crippen MR) is 91.0 cm³/mol. The third kappa shape index (κ3) is 3.45. The maximum atomic E-state index is 10.9. The van der Waals surface area contributed by atoms with Crippen LogP contribution in [0.15, 0.2) is 48.5 Å². The van der Waals surface area contributed by atoms with E-state index in [2.05, 4.69) is 10.6 Å². The zero-order chi connectivity index (χ0) is 15.7. The lowest BCUT2D eigenvalue weighted by Crippen LogP contribution is -2.19. The van der Waals surface area contributed by atoms with Crippen LogP contribution < -0.4 is 10.6 Å². The fraction of sp³-hybridized carbons (Fsp3) is 0. The fourth-order valence-corrected chi connectivity index (χ4v) is 2.23. The van der Waals surface area contributed by atoms with Crippen LogP contribution in [-0.4, -0.2) is 23.6 Å². The van der Waals surface area contributed by atoms with Crippen molar-refractivity contribution in [1.29, 1.82) is 0 Å². The van der Waals surface area contributed by atoms with Crippen molar-refractivity contribution in [1.82, 2.24) is 10.6 Å². The van der Waals surface area contributed by atoms with E-state index in [0.717, 1.165) is 0 Å². The maximum Gasteiger partial charge on any atom is 0.258 e. The Morgan fingerprint density at radius 2 is 0.667 bits per heavy atom. The van der Waals surface area contributed by atoms with Crippen molar-refractivity contribution in [2.24, 2.45) is 0 Å². The number of carbonyl (C=O) groups excluding carboxylic acids is 4. The van der Waals surface area contributed by atoms with Crippen LogP contribution in [0.25, 0.3) is 0 Å². The molecular weight excluding hydrogens is 355 g/mol. The molecule has 2 heterocycles. The number of nitrogens with one attached hydrogen (secondary N) is 2.